The second-order valence-electron chi connectivity index (χ2n) is 6.05. The monoisotopic (exact) mass is 309 g/mol. The molecule has 1 amide bonds. The number of halogens is 1. The molecule has 0 saturated carbocycles. The summed E-state index contributed by atoms with van der Waals surface area (Å²) in [6.45, 7) is 8.16. The van der Waals surface area contributed by atoms with E-state index in [1.54, 1.807) is 4.90 Å². The van der Waals surface area contributed by atoms with E-state index in [2.05, 4.69) is 30.1 Å². The molecular weight excluding hydrogens is 286 g/mol. The molecule has 0 aromatic heterocycles. The summed E-state index contributed by atoms with van der Waals surface area (Å²) in [6, 6.07) is 6.09. The van der Waals surface area contributed by atoms with E-state index in [1.807, 2.05) is 19.2 Å². The molecule has 1 heterocycles. The largest absolute Gasteiger partial charge is 0.359 e. The summed E-state index contributed by atoms with van der Waals surface area (Å²) in [5.74, 6) is 0.774. The fourth-order valence-electron chi connectivity index (χ4n) is 2.39. The van der Waals surface area contributed by atoms with Crippen LogP contribution in [0.1, 0.15) is 19.4 Å². The van der Waals surface area contributed by atoms with Crippen LogP contribution in [0.4, 0.5) is 5.69 Å². The van der Waals surface area contributed by atoms with Gasteiger partial charge >= 0.3 is 0 Å². The molecule has 0 bridgehead atoms. The summed E-state index contributed by atoms with van der Waals surface area (Å²) in [5.41, 5.74) is 2.12. The quantitative estimate of drug-likeness (QED) is 0.907. The molecule has 0 aliphatic carbocycles. The van der Waals surface area contributed by atoms with Crippen molar-refractivity contribution in [2.75, 3.05) is 38.1 Å². The third-order valence-electron chi connectivity index (χ3n) is 3.69. The molecule has 0 spiro atoms. The standard InChI is InChI=1S/C16H24ClN3O/c1-12(2)9-18-10-13-4-5-15(14(17)8-13)20-7-6-19(3)16(21)11-20/h4-5,8,12,18H,6-7,9-11H2,1-3H3. The third kappa shape index (κ3) is 4.35. The molecule has 0 unspecified atom stereocenters. The smallest absolute Gasteiger partial charge is 0.241 e. The summed E-state index contributed by atoms with van der Waals surface area (Å²) in [7, 11) is 1.84. The lowest BCUT2D eigenvalue weighted by molar-refractivity contribution is -0.129. The van der Waals surface area contributed by atoms with Crippen molar-refractivity contribution in [2.24, 2.45) is 5.92 Å². The molecule has 0 radical (unpaired) electrons. The van der Waals surface area contributed by atoms with Crippen molar-refractivity contribution in [3.8, 4) is 0 Å². The number of carbonyl (C=O) groups is 1. The van der Waals surface area contributed by atoms with Gasteiger partial charge in [0.1, 0.15) is 0 Å². The van der Waals surface area contributed by atoms with Crippen LogP contribution in [0.3, 0.4) is 0 Å². The minimum Gasteiger partial charge on any atom is -0.359 e. The van der Waals surface area contributed by atoms with Crippen molar-refractivity contribution < 1.29 is 4.79 Å². The number of nitrogens with one attached hydrogen (secondary N) is 1. The zero-order valence-corrected chi connectivity index (χ0v) is 13.8. The lowest BCUT2D eigenvalue weighted by Crippen LogP contribution is -2.48. The highest BCUT2D eigenvalue weighted by Crippen LogP contribution is 2.27. The van der Waals surface area contributed by atoms with Gasteiger partial charge in [0, 0.05) is 26.7 Å². The number of hydrogen-bond acceptors (Lipinski definition) is 3. The van der Waals surface area contributed by atoms with Crippen LogP contribution in [0.15, 0.2) is 18.2 Å². The highest BCUT2D eigenvalue weighted by Gasteiger charge is 2.22. The lowest BCUT2D eigenvalue weighted by atomic mass is 10.1. The van der Waals surface area contributed by atoms with Gasteiger partial charge in [0.25, 0.3) is 0 Å². The van der Waals surface area contributed by atoms with Crippen molar-refractivity contribution >= 4 is 23.2 Å². The van der Waals surface area contributed by atoms with Gasteiger partial charge in [-0.1, -0.05) is 31.5 Å². The Morgan fingerprint density at radius 3 is 2.71 bits per heavy atom. The molecule has 1 aromatic rings. The Labute approximate surface area is 132 Å². The Kier molecular flexibility index (Phi) is 5.48. The molecule has 21 heavy (non-hydrogen) atoms. The molecule has 1 N–H and O–H groups in total. The van der Waals surface area contributed by atoms with Gasteiger partial charge in [0.2, 0.25) is 5.91 Å². The predicted molar refractivity (Wildman–Crippen MR) is 87.8 cm³/mol. The topological polar surface area (TPSA) is 35.6 Å². The van der Waals surface area contributed by atoms with Crippen LogP contribution in [0, 0.1) is 5.92 Å². The van der Waals surface area contributed by atoms with Crippen LogP contribution < -0.4 is 10.2 Å². The van der Waals surface area contributed by atoms with E-state index in [0.29, 0.717) is 12.5 Å². The van der Waals surface area contributed by atoms with Gasteiger partial charge in [-0.25, -0.2) is 0 Å². The zero-order valence-electron chi connectivity index (χ0n) is 13.0. The number of likely N-dealkylation sites (N-methyl/N-ethyl adjacent to an activating group) is 1. The fraction of sp³-hybridized carbons (Fsp3) is 0.562. The van der Waals surface area contributed by atoms with Crippen LogP contribution in [-0.4, -0.2) is 44.0 Å². The average Bonchev–Trinajstić information content (AvgIpc) is 2.42. The molecule has 1 fully saturated rings. The van der Waals surface area contributed by atoms with E-state index in [9.17, 15) is 4.79 Å². The molecule has 4 nitrogen and oxygen atoms in total. The Bertz CT molecular complexity index is 504. The van der Waals surface area contributed by atoms with Crippen molar-refractivity contribution in [1.82, 2.24) is 10.2 Å². The minimum absolute atomic E-state index is 0.139. The first kappa shape index (κ1) is 16.1. The highest BCUT2D eigenvalue weighted by atomic mass is 35.5. The first-order valence-corrected chi connectivity index (χ1v) is 7.83. The molecule has 5 heteroatoms. The van der Waals surface area contributed by atoms with E-state index >= 15 is 0 Å². The van der Waals surface area contributed by atoms with Gasteiger partial charge in [-0.05, 0) is 30.2 Å². The average molecular weight is 310 g/mol. The number of hydrogen-bond donors (Lipinski definition) is 1. The Balaban J connectivity index is 2.00. The van der Waals surface area contributed by atoms with E-state index in [-0.39, 0.29) is 5.91 Å². The molecule has 0 atom stereocenters. The summed E-state index contributed by atoms with van der Waals surface area (Å²) in [4.78, 5) is 15.6. The van der Waals surface area contributed by atoms with E-state index in [0.717, 1.165) is 36.9 Å². The van der Waals surface area contributed by atoms with Gasteiger partial charge in [0.15, 0.2) is 0 Å². The third-order valence-corrected chi connectivity index (χ3v) is 3.99. The minimum atomic E-state index is 0.139. The normalized spacial score (nSPS) is 16.0. The number of rotatable bonds is 5. The molecule has 1 saturated heterocycles. The number of nitrogens with zero attached hydrogens (tertiary/aromatic N) is 2. The Morgan fingerprint density at radius 2 is 2.10 bits per heavy atom. The first-order valence-electron chi connectivity index (χ1n) is 7.45. The molecule has 1 aliphatic rings. The Morgan fingerprint density at radius 1 is 1.33 bits per heavy atom. The van der Waals surface area contributed by atoms with Crippen molar-refractivity contribution in [2.45, 2.75) is 20.4 Å². The van der Waals surface area contributed by atoms with Crippen LogP contribution >= 0.6 is 11.6 Å². The van der Waals surface area contributed by atoms with E-state index < -0.39 is 0 Å². The van der Waals surface area contributed by atoms with Crippen molar-refractivity contribution in [3.63, 3.8) is 0 Å². The molecule has 116 valence electrons. The summed E-state index contributed by atoms with van der Waals surface area (Å²) in [5, 5.41) is 4.13. The number of benzene rings is 1. The molecule has 1 aliphatic heterocycles. The number of amides is 1. The van der Waals surface area contributed by atoms with Crippen LogP contribution in [0.25, 0.3) is 0 Å². The summed E-state index contributed by atoms with van der Waals surface area (Å²) in [6.07, 6.45) is 0. The number of anilines is 1. The van der Waals surface area contributed by atoms with Crippen molar-refractivity contribution in [3.05, 3.63) is 28.8 Å². The SMILES string of the molecule is CC(C)CNCc1ccc(N2CCN(C)C(=O)C2)c(Cl)c1. The Hall–Kier alpha value is -1.26. The fourth-order valence-corrected chi connectivity index (χ4v) is 2.71. The maximum atomic E-state index is 11.8. The first-order chi connectivity index (χ1) is 9.97. The molecule has 2 rings (SSSR count). The highest BCUT2D eigenvalue weighted by molar-refractivity contribution is 6.33. The maximum absolute atomic E-state index is 11.8. The van der Waals surface area contributed by atoms with Crippen LogP contribution in [0.2, 0.25) is 5.02 Å². The lowest BCUT2D eigenvalue weighted by Gasteiger charge is -2.34. The van der Waals surface area contributed by atoms with Gasteiger partial charge in [0.05, 0.1) is 17.3 Å². The van der Waals surface area contributed by atoms with Crippen molar-refractivity contribution in [1.29, 1.82) is 0 Å². The zero-order chi connectivity index (χ0) is 15.4. The van der Waals surface area contributed by atoms with E-state index in [4.69, 9.17) is 11.6 Å². The summed E-state index contributed by atoms with van der Waals surface area (Å²) < 4.78 is 0. The molecular formula is C16H24ClN3O. The van der Waals surface area contributed by atoms with Gasteiger partial charge in [-0.15, -0.1) is 0 Å². The van der Waals surface area contributed by atoms with Gasteiger partial charge in [-0.3, -0.25) is 4.79 Å². The molecule has 1 aromatic carbocycles. The van der Waals surface area contributed by atoms with E-state index in [1.165, 1.54) is 5.56 Å². The number of piperazine rings is 1. The predicted octanol–water partition coefficient (Wildman–Crippen LogP) is 2.36. The van der Waals surface area contributed by atoms with Crippen LogP contribution in [0.5, 0.6) is 0 Å². The second kappa shape index (κ2) is 7.14. The van der Waals surface area contributed by atoms with Gasteiger partial charge in [-0.2, -0.15) is 0 Å². The number of carbonyl (C=O) groups excluding carboxylic acids is 1. The van der Waals surface area contributed by atoms with Crippen LogP contribution in [-0.2, 0) is 11.3 Å². The van der Waals surface area contributed by atoms with Gasteiger partial charge < -0.3 is 15.1 Å². The maximum Gasteiger partial charge on any atom is 0.241 e. The summed E-state index contributed by atoms with van der Waals surface area (Å²) >= 11 is 6.39. The second-order valence-corrected chi connectivity index (χ2v) is 6.45.